The molecule has 0 atom stereocenters. The molecule has 1 aliphatic carbocycles. The van der Waals surface area contributed by atoms with E-state index in [2.05, 4.69) is 10.4 Å². The molecule has 1 aliphatic rings. The molecule has 29 heavy (non-hydrogen) atoms. The standard InChI is InChI=1S/C11H11N3O2.C9H9ClO2S/c1-14-10(12-11(15)16)7-9(13-14)8-5-3-2-4-6-8;10-7-1-3-8(4-2-7)13(11,12)9-5-6-9/h2-7,12H,1H3,(H,15,16);1-4,9H,5-6H2. The topological polar surface area (TPSA) is 101 Å². The Bertz CT molecular complexity index is 1090. The quantitative estimate of drug-likeness (QED) is 0.632. The van der Waals surface area contributed by atoms with Crippen LogP contribution in [0.3, 0.4) is 0 Å². The Kier molecular flexibility index (Phi) is 6.24. The van der Waals surface area contributed by atoms with Crippen LogP contribution in [0.4, 0.5) is 10.6 Å². The van der Waals surface area contributed by atoms with Crippen molar-refractivity contribution in [2.75, 3.05) is 5.32 Å². The van der Waals surface area contributed by atoms with E-state index >= 15 is 0 Å². The van der Waals surface area contributed by atoms with Gasteiger partial charge in [-0.05, 0) is 37.1 Å². The minimum absolute atomic E-state index is 0.145. The molecule has 2 aromatic carbocycles. The van der Waals surface area contributed by atoms with Gasteiger partial charge >= 0.3 is 6.09 Å². The maximum absolute atomic E-state index is 11.7. The normalized spacial score (nSPS) is 13.3. The van der Waals surface area contributed by atoms with Gasteiger partial charge < -0.3 is 5.11 Å². The van der Waals surface area contributed by atoms with Crippen LogP contribution >= 0.6 is 11.6 Å². The van der Waals surface area contributed by atoms with Gasteiger partial charge in [-0.1, -0.05) is 41.9 Å². The Balaban J connectivity index is 0.000000169. The summed E-state index contributed by atoms with van der Waals surface area (Å²) in [6, 6.07) is 17.6. The summed E-state index contributed by atoms with van der Waals surface area (Å²) < 4.78 is 24.8. The van der Waals surface area contributed by atoms with Crippen LogP contribution in [-0.2, 0) is 16.9 Å². The first-order valence-corrected chi connectivity index (χ1v) is 10.8. The van der Waals surface area contributed by atoms with Gasteiger partial charge in [0.15, 0.2) is 9.84 Å². The molecule has 9 heteroatoms. The summed E-state index contributed by atoms with van der Waals surface area (Å²) in [5, 5.41) is 15.5. The highest BCUT2D eigenvalue weighted by molar-refractivity contribution is 7.92. The van der Waals surface area contributed by atoms with Crippen LogP contribution in [0.2, 0.25) is 5.02 Å². The zero-order valence-corrected chi connectivity index (χ0v) is 17.2. The molecular formula is C20H20ClN3O4S. The number of aryl methyl sites for hydroxylation is 1. The van der Waals surface area contributed by atoms with E-state index in [1.54, 1.807) is 37.4 Å². The second-order valence-electron chi connectivity index (χ2n) is 6.53. The molecule has 0 saturated heterocycles. The number of nitrogens with one attached hydrogen (secondary N) is 1. The number of halogens is 1. The van der Waals surface area contributed by atoms with E-state index in [9.17, 15) is 13.2 Å². The fraction of sp³-hybridized carbons (Fsp3) is 0.200. The smallest absolute Gasteiger partial charge is 0.410 e. The molecule has 152 valence electrons. The zero-order valence-electron chi connectivity index (χ0n) is 15.6. The number of aromatic nitrogens is 2. The van der Waals surface area contributed by atoms with E-state index in [1.807, 2.05) is 30.3 Å². The molecule has 1 heterocycles. The van der Waals surface area contributed by atoms with Crippen LogP contribution in [0.1, 0.15) is 12.8 Å². The van der Waals surface area contributed by atoms with Gasteiger partial charge in [-0.3, -0.25) is 10.00 Å². The number of carbonyl (C=O) groups is 1. The van der Waals surface area contributed by atoms with Crippen LogP contribution in [0, 0.1) is 0 Å². The average molecular weight is 434 g/mol. The van der Waals surface area contributed by atoms with E-state index in [0.717, 1.165) is 24.1 Å². The molecule has 0 radical (unpaired) electrons. The third-order valence-corrected chi connectivity index (χ3v) is 6.82. The highest BCUT2D eigenvalue weighted by Crippen LogP contribution is 2.33. The van der Waals surface area contributed by atoms with Crippen LogP contribution in [0.5, 0.6) is 0 Å². The monoisotopic (exact) mass is 433 g/mol. The summed E-state index contributed by atoms with van der Waals surface area (Å²) in [5.41, 5.74) is 1.70. The minimum Gasteiger partial charge on any atom is -0.465 e. The Morgan fingerprint density at radius 3 is 2.31 bits per heavy atom. The van der Waals surface area contributed by atoms with Crippen molar-refractivity contribution >= 4 is 33.3 Å². The predicted molar refractivity (Wildman–Crippen MR) is 112 cm³/mol. The molecule has 0 unspecified atom stereocenters. The second-order valence-corrected chi connectivity index (χ2v) is 9.20. The Labute approximate surface area is 173 Å². The van der Waals surface area contributed by atoms with E-state index in [0.29, 0.717) is 15.7 Å². The van der Waals surface area contributed by atoms with Crippen LogP contribution < -0.4 is 5.32 Å². The molecule has 1 aromatic heterocycles. The van der Waals surface area contributed by atoms with Gasteiger partial charge in [0.2, 0.25) is 0 Å². The first-order chi connectivity index (χ1) is 13.8. The number of hydrogen-bond donors (Lipinski definition) is 2. The summed E-state index contributed by atoms with van der Waals surface area (Å²) in [6.07, 6.45) is 0.498. The lowest BCUT2D eigenvalue weighted by Crippen LogP contribution is -2.10. The molecule has 0 bridgehead atoms. The van der Waals surface area contributed by atoms with Crippen molar-refractivity contribution in [3.05, 3.63) is 65.7 Å². The third kappa shape index (κ3) is 5.36. The Morgan fingerprint density at radius 1 is 1.14 bits per heavy atom. The zero-order chi connectivity index (χ0) is 21.0. The molecule has 1 saturated carbocycles. The fourth-order valence-electron chi connectivity index (χ4n) is 2.64. The number of rotatable bonds is 4. The molecule has 4 rings (SSSR count). The fourth-order valence-corrected chi connectivity index (χ4v) is 4.42. The van der Waals surface area contributed by atoms with E-state index in [1.165, 1.54) is 4.68 Å². The summed E-state index contributed by atoms with van der Waals surface area (Å²) >= 11 is 5.66. The SMILES string of the molecule is Cn1nc(-c2ccccc2)cc1NC(=O)O.O=S(=O)(c1ccc(Cl)cc1)C1CC1. The largest absolute Gasteiger partial charge is 0.465 e. The number of nitrogens with zero attached hydrogens (tertiary/aromatic N) is 2. The molecule has 1 fully saturated rings. The molecule has 0 spiro atoms. The van der Waals surface area contributed by atoms with Crippen molar-refractivity contribution < 1.29 is 18.3 Å². The van der Waals surface area contributed by atoms with Crippen molar-refractivity contribution in [1.82, 2.24) is 9.78 Å². The highest BCUT2D eigenvalue weighted by atomic mass is 35.5. The third-order valence-electron chi connectivity index (χ3n) is 4.29. The molecule has 2 N–H and O–H groups in total. The van der Waals surface area contributed by atoms with Crippen LogP contribution in [0.25, 0.3) is 11.3 Å². The van der Waals surface area contributed by atoms with Crippen molar-refractivity contribution in [2.24, 2.45) is 7.05 Å². The highest BCUT2D eigenvalue weighted by Gasteiger charge is 2.36. The molecule has 7 nitrogen and oxygen atoms in total. The molecule has 3 aromatic rings. The van der Waals surface area contributed by atoms with Gasteiger partial charge in [-0.15, -0.1) is 0 Å². The lowest BCUT2D eigenvalue weighted by molar-refractivity contribution is 0.209. The van der Waals surface area contributed by atoms with Gasteiger partial charge in [0.05, 0.1) is 15.8 Å². The van der Waals surface area contributed by atoms with E-state index in [-0.39, 0.29) is 5.25 Å². The number of benzene rings is 2. The lowest BCUT2D eigenvalue weighted by Gasteiger charge is -2.01. The number of anilines is 1. The Morgan fingerprint density at radius 2 is 1.76 bits per heavy atom. The van der Waals surface area contributed by atoms with Crippen molar-refractivity contribution in [2.45, 2.75) is 23.0 Å². The summed E-state index contributed by atoms with van der Waals surface area (Å²) in [5.74, 6) is 0.450. The summed E-state index contributed by atoms with van der Waals surface area (Å²) in [4.78, 5) is 10.9. The van der Waals surface area contributed by atoms with Crippen molar-refractivity contribution in [3.63, 3.8) is 0 Å². The van der Waals surface area contributed by atoms with Crippen molar-refractivity contribution in [3.8, 4) is 11.3 Å². The predicted octanol–water partition coefficient (Wildman–Crippen LogP) is 4.45. The number of sulfone groups is 1. The van der Waals surface area contributed by atoms with Crippen LogP contribution in [-0.4, -0.2) is 34.6 Å². The summed E-state index contributed by atoms with van der Waals surface area (Å²) in [6.45, 7) is 0. The van der Waals surface area contributed by atoms with Gasteiger partial charge in [0.1, 0.15) is 5.82 Å². The van der Waals surface area contributed by atoms with Crippen molar-refractivity contribution in [1.29, 1.82) is 0 Å². The summed E-state index contributed by atoms with van der Waals surface area (Å²) in [7, 11) is -1.35. The minimum atomic E-state index is -3.04. The molecule has 1 amide bonds. The Hall–Kier alpha value is -2.84. The van der Waals surface area contributed by atoms with Gasteiger partial charge in [-0.2, -0.15) is 5.10 Å². The number of carboxylic acid groups (broad SMARTS) is 1. The van der Waals surface area contributed by atoms with Gasteiger partial charge in [-0.25, -0.2) is 13.2 Å². The maximum Gasteiger partial charge on any atom is 0.410 e. The first kappa shape index (κ1) is 20.9. The maximum atomic E-state index is 11.7. The first-order valence-electron chi connectivity index (χ1n) is 8.86. The number of amides is 1. The van der Waals surface area contributed by atoms with Crippen LogP contribution in [0.15, 0.2) is 65.6 Å². The second kappa shape index (κ2) is 8.67. The molecular weight excluding hydrogens is 414 g/mol. The van der Waals surface area contributed by atoms with E-state index < -0.39 is 15.9 Å². The van der Waals surface area contributed by atoms with Gasteiger partial charge in [0.25, 0.3) is 0 Å². The number of hydrogen-bond acceptors (Lipinski definition) is 4. The lowest BCUT2D eigenvalue weighted by atomic mass is 10.2. The van der Waals surface area contributed by atoms with E-state index in [4.69, 9.17) is 16.7 Å². The van der Waals surface area contributed by atoms with Gasteiger partial charge in [0, 0.05) is 23.7 Å². The average Bonchev–Trinajstić information content (AvgIpc) is 3.49. The molecule has 0 aliphatic heterocycles.